The van der Waals surface area contributed by atoms with Gasteiger partial charge in [0, 0.05) is 5.69 Å². The molecule has 1 aromatic heterocycles. The number of anilines is 1. The smallest absolute Gasteiger partial charge is 0.115 e. The topological polar surface area (TPSA) is 105 Å². The fraction of sp³-hybridized carbons (Fsp3) is 0.417. The number of hydrogen-bond donors (Lipinski definition) is 4. The first-order valence-corrected chi connectivity index (χ1v) is 5.65. The molecule has 1 heterocycles. The molecule has 0 saturated heterocycles. The number of nitrogens with two attached hydrogens (primary N) is 1. The number of imidazole rings is 1. The highest BCUT2D eigenvalue weighted by Crippen LogP contribution is 2.26. The van der Waals surface area contributed by atoms with Crippen LogP contribution in [0.2, 0.25) is 0 Å². The molecule has 0 amide bonds. The molecule has 0 atom stereocenters. The number of aliphatic hydroxyl groups excluding tert-OH is 3. The molecule has 6 heteroatoms. The highest BCUT2D eigenvalue weighted by atomic mass is 16.3. The highest BCUT2D eigenvalue weighted by molar-refractivity contribution is 5.80. The average Bonchev–Trinajstić information content (AvgIpc) is 2.69. The van der Waals surface area contributed by atoms with E-state index >= 15 is 0 Å². The molecule has 0 saturated carbocycles. The fourth-order valence-corrected chi connectivity index (χ4v) is 2.18. The van der Waals surface area contributed by atoms with E-state index in [1.165, 1.54) is 0 Å². The highest BCUT2D eigenvalue weighted by Gasteiger charge is 2.33. The zero-order valence-corrected chi connectivity index (χ0v) is 10.2. The molecule has 0 spiro atoms. The minimum Gasteiger partial charge on any atom is -0.399 e. The Kier molecular flexibility index (Phi) is 3.25. The molecule has 0 unspecified atom stereocenters. The molecule has 0 aliphatic heterocycles. The summed E-state index contributed by atoms with van der Waals surface area (Å²) in [6, 6.07) is 5.20. The first kappa shape index (κ1) is 12.8. The fourth-order valence-electron chi connectivity index (χ4n) is 2.18. The third-order valence-electron chi connectivity index (χ3n) is 3.20. The van der Waals surface area contributed by atoms with Gasteiger partial charge in [-0.3, -0.25) is 0 Å². The zero-order valence-electron chi connectivity index (χ0n) is 10.2. The lowest BCUT2D eigenvalue weighted by molar-refractivity contribution is 0.0166. The van der Waals surface area contributed by atoms with E-state index in [2.05, 4.69) is 4.98 Å². The van der Waals surface area contributed by atoms with Gasteiger partial charge in [-0.2, -0.15) is 0 Å². The Morgan fingerprint density at radius 2 is 1.83 bits per heavy atom. The van der Waals surface area contributed by atoms with Crippen LogP contribution in [0, 0.1) is 6.92 Å². The monoisotopic (exact) mass is 251 g/mol. The minimum atomic E-state index is -1.16. The standard InChI is InChI=1S/C12H17N3O3/c1-8-14-10-4-9(13)2-3-11(10)15(8)12(5-16,6-17)7-18/h2-4,16-18H,5-7,13H2,1H3. The Morgan fingerprint density at radius 1 is 1.22 bits per heavy atom. The summed E-state index contributed by atoms with van der Waals surface area (Å²) in [5.74, 6) is 0.604. The predicted octanol–water partition coefficient (Wildman–Crippen LogP) is -0.401. The van der Waals surface area contributed by atoms with Crippen molar-refractivity contribution in [3.63, 3.8) is 0 Å². The number of benzene rings is 1. The molecule has 0 bridgehead atoms. The normalized spacial score (nSPS) is 12.2. The lowest BCUT2D eigenvalue weighted by atomic mass is 10.0. The number of aromatic nitrogens is 2. The SMILES string of the molecule is Cc1nc2cc(N)ccc2n1C(CO)(CO)CO. The van der Waals surface area contributed by atoms with Crippen molar-refractivity contribution in [1.82, 2.24) is 9.55 Å². The Morgan fingerprint density at radius 3 is 2.39 bits per heavy atom. The largest absolute Gasteiger partial charge is 0.399 e. The van der Waals surface area contributed by atoms with Crippen LogP contribution >= 0.6 is 0 Å². The van der Waals surface area contributed by atoms with Crippen LogP contribution in [0.25, 0.3) is 11.0 Å². The Balaban J connectivity index is 2.73. The van der Waals surface area contributed by atoms with Gasteiger partial charge in [-0.1, -0.05) is 0 Å². The Labute approximate surface area is 104 Å². The first-order chi connectivity index (χ1) is 8.57. The summed E-state index contributed by atoms with van der Waals surface area (Å²) in [4.78, 5) is 4.33. The van der Waals surface area contributed by atoms with Crippen LogP contribution in [0.1, 0.15) is 5.82 Å². The maximum atomic E-state index is 9.49. The molecule has 2 rings (SSSR count). The molecular weight excluding hydrogens is 234 g/mol. The van der Waals surface area contributed by atoms with Gasteiger partial charge in [0.1, 0.15) is 11.4 Å². The van der Waals surface area contributed by atoms with Crippen LogP contribution in [0.3, 0.4) is 0 Å². The number of nitrogen functional groups attached to an aromatic ring is 1. The van der Waals surface area contributed by atoms with E-state index in [0.29, 0.717) is 17.0 Å². The van der Waals surface area contributed by atoms with Gasteiger partial charge in [0.15, 0.2) is 0 Å². The zero-order chi connectivity index (χ0) is 13.3. The lowest BCUT2D eigenvalue weighted by Crippen LogP contribution is -2.45. The number of aryl methyl sites for hydroxylation is 1. The Hall–Kier alpha value is -1.63. The number of fused-ring (bicyclic) bond motifs is 1. The minimum absolute atomic E-state index is 0.378. The van der Waals surface area contributed by atoms with Crippen molar-refractivity contribution in [3.8, 4) is 0 Å². The van der Waals surface area contributed by atoms with Gasteiger partial charge in [0.25, 0.3) is 0 Å². The van der Waals surface area contributed by atoms with E-state index in [4.69, 9.17) is 5.73 Å². The second-order valence-electron chi connectivity index (χ2n) is 4.44. The number of hydrogen-bond acceptors (Lipinski definition) is 5. The maximum Gasteiger partial charge on any atom is 0.115 e. The van der Waals surface area contributed by atoms with Crippen molar-refractivity contribution < 1.29 is 15.3 Å². The quantitative estimate of drug-likeness (QED) is 0.553. The second kappa shape index (κ2) is 4.56. The van der Waals surface area contributed by atoms with Crippen molar-refractivity contribution in [2.24, 2.45) is 0 Å². The summed E-state index contributed by atoms with van der Waals surface area (Å²) >= 11 is 0. The van der Waals surface area contributed by atoms with Gasteiger partial charge < -0.3 is 25.6 Å². The number of rotatable bonds is 4. The van der Waals surface area contributed by atoms with Gasteiger partial charge in [0.2, 0.25) is 0 Å². The van der Waals surface area contributed by atoms with Gasteiger partial charge in [-0.15, -0.1) is 0 Å². The third kappa shape index (κ3) is 1.74. The summed E-state index contributed by atoms with van der Waals surface area (Å²) in [6.45, 7) is 0.621. The van der Waals surface area contributed by atoms with Gasteiger partial charge in [0.05, 0.1) is 30.9 Å². The Bertz CT molecular complexity index is 553. The van der Waals surface area contributed by atoms with Gasteiger partial charge in [-0.25, -0.2) is 4.98 Å². The molecule has 6 nitrogen and oxygen atoms in total. The molecule has 0 radical (unpaired) electrons. The van der Waals surface area contributed by atoms with Crippen molar-refractivity contribution in [3.05, 3.63) is 24.0 Å². The van der Waals surface area contributed by atoms with Crippen LogP contribution in [0.4, 0.5) is 5.69 Å². The van der Waals surface area contributed by atoms with E-state index in [-0.39, 0.29) is 19.8 Å². The maximum absolute atomic E-state index is 9.49. The van der Waals surface area contributed by atoms with E-state index in [9.17, 15) is 15.3 Å². The molecule has 5 N–H and O–H groups in total. The predicted molar refractivity (Wildman–Crippen MR) is 68.1 cm³/mol. The first-order valence-electron chi connectivity index (χ1n) is 5.65. The van der Waals surface area contributed by atoms with Crippen LogP contribution in [-0.4, -0.2) is 44.7 Å². The lowest BCUT2D eigenvalue weighted by Gasteiger charge is -2.31. The van der Waals surface area contributed by atoms with Crippen LogP contribution in [0.5, 0.6) is 0 Å². The summed E-state index contributed by atoms with van der Waals surface area (Å²) in [5, 5.41) is 28.5. The third-order valence-corrected chi connectivity index (χ3v) is 3.20. The molecule has 1 aromatic carbocycles. The van der Waals surface area contributed by atoms with Crippen molar-refractivity contribution >= 4 is 16.7 Å². The van der Waals surface area contributed by atoms with Crippen molar-refractivity contribution in [2.75, 3.05) is 25.6 Å². The molecule has 0 aliphatic carbocycles. The molecule has 0 aliphatic rings. The molecule has 0 fully saturated rings. The summed E-state index contributed by atoms with van der Waals surface area (Å²) in [5.41, 5.74) is 6.52. The van der Waals surface area contributed by atoms with Crippen LogP contribution < -0.4 is 5.73 Å². The van der Waals surface area contributed by atoms with Crippen LogP contribution in [0.15, 0.2) is 18.2 Å². The molecule has 2 aromatic rings. The molecule has 98 valence electrons. The van der Waals surface area contributed by atoms with E-state index in [0.717, 1.165) is 5.52 Å². The van der Waals surface area contributed by atoms with Gasteiger partial charge in [-0.05, 0) is 25.1 Å². The number of aliphatic hydroxyl groups is 3. The van der Waals surface area contributed by atoms with Crippen molar-refractivity contribution in [2.45, 2.75) is 12.5 Å². The van der Waals surface area contributed by atoms with Crippen molar-refractivity contribution in [1.29, 1.82) is 0 Å². The van der Waals surface area contributed by atoms with E-state index in [1.54, 1.807) is 29.7 Å². The number of nitrogens with zero attached hydrogens (tertiary/aromatic N) is 2. The average molecular weight is 251 g/mol. The van der Waals surface area contributed by atoms with Crippen LogP contribution in [-0.2, 0) is 5.54 Å². The molecular formula is C12H17N3O3. The van der Waals surface area contributed by atoms with E-state index < -0.39 is 5.54 Å². The summed E-state index contributed by atoms with van der Waals surface area (Å²) in [7, 11) is 0. The van der Waals surface area contributed by atoms with E-state index in [1.807, 2.05) is 0 Å². The van der Waals surface area contributed by atoms with Gasteiger partial charge >= 0.3 is 0 Å². The second-order valence-corrected chi connectivity index (χ2v) is 4.44. The summed E-state index contributed by atoms with van der Waals surface area (Å²) in [6.07, 6.45) is 0. The molecule has 18 heavy (non-hydrogen) atoms. The summed E-state index contributed by atoms with van der Waals surface area (Å²) < 4.78 is 1.65.